The van der Waals surface area contributed by atoms with Crippen LogP contribution < -0.4 is 53.3 Å². The Morgan fingerprint density at radius 3 is 1.58 bits per heavy atom. The third-order valence-electron chi connectivity index (χ3n) is 13.9. The lowest BCUT2D eigenvalue weighted by molar-refractivity contribution is -0.141. The predicted molar refractivity (Wildman–Crippen MR) is 337 cm³/mol. The average molecular weight is 1270 g/mol. The second-order valence-electron chi connectivity index (χ2n) is 20.5. The van der Waals surface area contributed by atoms with E-state index >= 15 is 0 Å². The number of aromatic hydroxyl groups is 1. The molecular weight excluding hydrogens is 1200 g/mol. The average Bonchev–Trinajstić information content (AvgIpc) is 0.827. The summed E-state index contributed by atoms with van der Waals surface area (Å²) in [5, 5.41) is 73.0. The van der Waals surface area contributed by atoms with E-state index in [2.05, 4.69) is 47.9 Å². The largest absolute Gasteiger partial charge is 0.508 e. The molecule has 1 aliphatic carbocycles. The monoisotopic (exact) mass is 1270 g/mol. The molecule has 1 aliphatic heterocycles. The fourth-order valence-electron chi connectivity index (χ4n) is 9.49. The van der Waals surface area contributed by atoms with Crippen LogP contribution in [0.25, 0.3) is 33.4 Å². The number of aromatic carboxylic acids is 1. The van der Waals surface area contributed by atoms with Crippen LogP contribution in [-0.2, 0) is 57.6 Å². The summed E-state index contributed by atoms with van der Waals surface area (Å²) in [6.45, 7) is -0.820. The first-order valence-electron chi connectivity index (χ1n) is 28.0. The molecule has 5 unspecified atom stereocenters. The van der Waals surface area contributed by atoms with Crippen molar-refractivity contribution in [1.82, 2.24) is 42.5 Å². The number of phenols is 1. The first-order chi connectivity index (χ1) is 43.1. The zero-order valence-corrected chi connectivity index (χ0v) is 49.5. The Morgan fingerprint density at radius 1 is 0.489 bits per heavy atom. The van der Waals surface area contributed by atoms with Crippen molar-refractivity contribution in [2.24, 2.45) is 0 Å². The van der Waals surface area contributed by atoms with E-state index in [9.17, 15) is 68.4 Å². The summed E-state index contributed by atoms with van der Waals surface area (Å²) in [4.78, 5) is 128. The Bertz CT molecular complexity index is 3820. The number of carbonyl (C=O) groups excluding carboxylic acids is 5. The molecule has 14 N–H and O–H groups in total. The molecular formula is C63H63N9O16S2. The first kappa shape index (κ1) is 66.7. The Kier molecular flexibility index (Phi) is 23.9. The van der Waals surface area contributed by atoms with E-state index < -0.39 is 108 Å². The number of carboxylic acids is 4. The fourth-order valence-corrected chi connectivity index (χ4v) is 10.0. The highest BCUT2D eigenvalue weighted by Crippen LogP contribution is 2.42. The standard InChI is InChI=1S/C63H63N9O16S2/c73-39-17-20-42-50(32-39)88-51-33-40(74)18-21-43(51)55(42)41-19-16-38(31-44(41)59(82)83)67-62(89)72-49(30-37-14-8-3-9-15-37)58(81)69-48(29-36-12-6-2-7-13-36)57(80)66-34-53(76)64-26-27-65-56(79)47(28-35-10-4-1-5-11-35)68-52(75)24-22-45(60(84)85)70-63(90)71-46(61(86)87)23-25-54(77)78/h1-21,31-33,45-49,73H,22-30,34H2,(H,64,76)(H,65,79)(H,66,80)(H,68,75)(H,69,81)(H,77,78)(H,82,83)(H,84,85)(H,86,87)(H2,67,72,89)(H2,70,71,90). The van der Waals surface area contributed by atoms with Crippen molar-refractivity contribution in [3.05, 3.63) is 178 Å². The van der Waals surface area contributed by atoms with Crippen LogP contribution in [0.5, 0.6) is 5.75 Å². The minimum atomic E-state index is -1.49. The van der Waals surface area contributed by atoms with Crippen LogP contribution in [0.1, 0.15) is 52.7 Å². The SMILES string of the molecule is O=C(O)CCC(NC(=S)NC(CCC(=O)NC(Cc1ccccc1)C(=O)NCCNC(=O)CNC(=O)C(Cc1ccccc1)NC(=O)C(Cc1ccccc1)NC(=S)Nc1ccc(-c2c3ccc(=O)cc-3oc3cc(O)ccc23)c(C(=O)O)c1)C(=O)O)C(=O)O. The maximum absolute atomic E-state index is 14.5. The molecule has 2 aliphatic rings. The van der Waals surface area contributed by atoms with Gasteiger partial charge in [-0.05, 0) is 95.9 Å². The molecule has 0 fully saturated rings. The van der Waals surface area contributed by atoms with E-state index in [1.165, 1.54) is 36.4 Å². The summed E-state index contributed by atoms with van der Waals surface area (Å²) in [5.74, 6) is -8.77. The molecule has 5 aromatic rings. The molecule has 0 bridgehead atoms. The van der Waals surface area contributed by atoms with Gasteiger partial charge in [-0.2, -0.15) is 0 Å². The van der Waals surface area contributed by atoms with Gasteiger partial charge in [0, 0.05) is 79.5 Å². The van der Waals surface area contributed by atoms with Gasteiger partial charge in [-0.25, -0.2) is 14.4 Å². The van der Waals surface area contributed by atoms with Gasteiger partial charge in [0.05, 0.1) is 12.1 Å². The van der Waals surface area contributed by atoms with Gasteiger partial charge in [0.15, 0.2) is 15.7 Å². The number of hydrogen-bond donors (Lipinski definition) is 14. The molecule has 25 nitrogen and oxygen atoms in total. The molecule has 0 radical (unpaired) electrons. The molecule has 0 aromatic heterocycles. The summed E-state index contributed by atoms with van der Waals surface area (Å²) in [6, 6.07) is 32.9. The molecule has 7 rings (SSSR count). The number of benzene rings is 6. The van der Waals surface area contributed by atoms with Gasteiger partial charge in [-0.15, -0.1) is 0 Å². The summed E-state index contributed by atoms with van der Waals surface area (Å²) < 4.78 is 5.95. The number of amides is 5. The Labute approximate surface area is 524 Å². The van der Waals surface area contributed by atoms with Crippen LogP contribution >= 0.6 is 24.4 Å². The minimum absolute atomic E-state index is 0.00768. The van der Waals surface area contributed by atoms with Crippen LogP contribution in [0.15, 0.2) is 155 Å². The van der Waals surface area contributed by atoms with Crippen molar-refractivity contribution in [3.63, 3.8) is 0 Å². The molecule has 27 heteroatoms. The van der Waals surface area contributed by atoms with Crippen LogP contribution in [0.2, 0.25) is 0 Å². The molecule has 468 valence electrons. The highest BCUT2D eigenvalue weighted by Gasteiger charge is 2.30. The lowest BCUT2D eigenvalue weighted by atomic mass is 9.90. The van der Waals surface area contributed by atoms with Gasteiger partial charge in [0.1, 0.15) is 47.3 Å². The minimum Gasteiger partial charge on any atom is -0.508 e. The van der Waals surface area contributed by atoms with Crippen molar-refractivity contribution in [2.75, 3.05) is 25.0 Å². The second kappa shape index (κ2) is 32.3. The van der Waals surface area contributed by atoms with E-state index in [-0.39, 0.29) is 89.6 Å². The zero-order valence-electron chi connectivity index (χ0n) is 47.9. The van der Waals surface area contributed by atoms with E-state index in [4.69, 9.17) is 34.0 Å². The van der Waals surface area contributed by atoms with Crippen LogP contribution in [0, 0.1) is 0 Å². The van der Waals surface area contributed by atoms with Crippen molar-refractivity contribution >= 4 is 105 Å². The lowest BCUT2D eigenvalue weighted by Crippen LogP contribution is -2.56. The first-order valence-corrected chi connectivity index (χ1v) is 28.8. The smallest absolute Gasteiger partial charge is 0.336 e. The highest BCUT2D eigenvalue weighted by atomic mass is 32.1. The molecule has 0 spiro atoms. The van der Waals surface area contributed by atoms with Crippen molar-refractivity contribution in [2.45, 2.75) is 75.2 Å². The maximum atomic E-state index is 14.5. The van der Waals surface area contributed by atoms with E-state index in [1.54, 1.807) is 109 Å². The number of nitrogens with one attached hydrogen (secondary N) is 9. The predicted octanol–water partition coefficient (Wildman–Crippen LogP) is 3.69. The number of hydrogen-bond acceptors (Lipinski definition) is 14. The zero-order chi connectivity index (χ0) is 64.9. The lowest BCUT2D eigenvalue weighted by Gasteiger charge is -2.25. The normalized spacial score (nSPS) is 12.5. The van der Waals surface area contributed by atoms with Gasteiger partial charge in [0.2, 0.25) is 29.5 Å². The number of rotatable bonds is 30. The van der Waals surface area contributed by atoms with Crippen LogP contribution in [0.3, 0.4) is 0 Å². The van der Waals surface area contributed by atoms with Gasteiger partial charge in [0.25, 0.3) is 0 Å². The highest BCUT2D eigenvalue weighted by molar-refractivity contribution is 7.80. The van der Waals surface area contributed by atoms with E-state index in [0.29, 0.717) is 33.2 Å². The Hall–Kier alpha value is -10.8. The number of thiocarbonyl (C=S) groups is 2. The summed E-state index contributed by atoms with van der Waals surface area (Å²) in [5.41, 5.74) is 3.09. The molecule has 0 saturated carbocycles. The Balaban J connectivity index is 0.963. The second-order valence-corrected chi connectivity index (χ2v) is 21.3. The topological polar surface area (TPSA) is 393 Å². The van der Waals surface area contributed by atoms with Crippen molar-refractivity contribution in [1.29, 1.82) is 0 Å². The summed E-state index contributed by atoms with van der Waals surface area (Å²) in [6.07, 6.45) is -1.58. The van der Waals surface area contributed by atoms with Crippen LogP contribution in [0.4, 0.5) is 5.69 Å². The van der Waals surface area contributed by atoms with E-state index in [1.807, 2.05) is 0 Å². The van der Waals surface area contributed by atoms with Gasteiger partial charge >= 0.3 is 23.9 Å². The quantitative estimate of drug-likeness (QED) is 0.0173. The summed E-state index contributed by atoms with van der Waals surface area (Å²) >= 11 is 10.8. The van der Waals surface area contributed by atoms with Crippen molar-refractivity contribution in [3.8, 4) is 28.2 Å². The van der Waals surface area contributed by atoms with Crippen LogP contribution in [-0.4, -0.2) is 139 Å². The third-order valence-corrected chi connectivity index (χ3v) is 14.3. The molecule has 5 aromatic carbocycles. The van der Waals surface area contributed by atoms with Crippen molar-refractivity contribution < 1.29 is 73.1 Å². The maximum Gasteiger partial charge on any atom is 0.336 e. The molecule has 1 heterocycles. The van der Waals surface area contributed by atoms with Gasteiger partial charge in [-0.1, -0.05) is 97.1 Å². The number of aliphatic carboxylic acids is 3. The number of phenolic OH excluding ortho intramolecular Hbond substituents is 1. The summed E-state index contributed by atoms with van der Waals surface area (Å²) in [7, 11) is 0. The van der Waals surface area contributed by atoms with E-state index in [0.717, 1.165) is 0 Å². The van der Waals surface area contributed by atoms with Gasteiger partial charge < -0.3 is 77.8 Å². The Morgan fingerprint density at radius 2 is 1.01 bits per heavy atom. The third kappa shape index (κ3) is 19.9. The van der Waals surface area contributed by atoms with Gasteiger partial charge in [-0.3, -0.25) is 33.6 Å². The molecule has 5 atom stereocenters. The molecule has 90 heavy (non-hydrogen) atoms. The number of carboxylic acid groups (broad SMARTS) is 4. The number of anilines is 1. The molecule has 0 saturated heterocycles. The molecule has 5 amide bonds. The number of fused-ring (bicyclic) bond motifs is 2. The fraction of sp³-hybridized carbons (Fsp3) is 0.238. The number of carbonyl (C=O) groups is 9.